The third-order valence-corrected chi connectivity index (χ3v) is 3.76. The van der Waals surface area contributed by atoms with Crippen molar-refractivity contribution in [3.63, 3.8) is 0 Å². The molecule has 25 heavy (non-hydrogen) atoms. The summed E-state index contributed by atoms with van der Waals surface area (Å²) in [5, 5.41) is 0. The normalized spacial score (nSPS) is 10.2. The molecule has 0 aliphatic heterocycles. The van der Waals surface area contributed by atoms with Crippen LogP contribution in [0.5, 0.6) is 11.5 Å². The van der Waals surface area contributed by atoms with E-state index in [2.05, 4.69) is 29.2 Å². The van der Waals surface area contributed by atoms with E-state index in [1.54, 1.807) is 0 Å². The Morgan fingerprint density at radius 3 is 1.60 bits per heavy atom. The average Bonchev–Trinajstić information content (AvgIpc) is 2.69. The van der Waals surface area contributed by atoms with Crippen LogP contribution < -0.4 is 14.4 Å². The first-order chi connectivity index (χ1) is 12.4. The first-order valence-corrected chi connectivity index (χ1v) is 8.40. The fourth-order valence-electron chi connectivity index (χ4n) is 2.49. The SMILES string of the molecule is [c]1ccc(OCCN(CCOc2cc[c]cc2)c2ccccc2)cc1. The summed E-state index contributed by atoms with van der Waals surface area (Å²) < 4.78 is 11.6. The van der Waals surface area contributed by atoms with Gasteiger partial charge in [0, 0.05) is 5.69 Å². The van der Waals surface area contributed by atoms with E-state index >= 15 is 0 Å². The van der Waals surface area contributed by atoms with Crippen molar-refractivity contribution in [2.75, 3.05) is 31.2 Å². The van der Waals surface area contributed by atoms with Crippen LogP contribution in [0.4, 0.5) is 5.69 Å². The Bertz CT molecular complexity index is 671. The van der Waals surface area contributed by atoms with Gasteiger partial charge < -0.3 is 14.4 Å². The maximum Gasteiger partial charge on any atom is 0.119 e. The molecular weight excluding hydrogens is 310 g/mol. The summed E-state index contributed by atoms with van der Waals surface area (Å²) in [7, 11) is 0. The van der Waals surface area contributed by atoms with Crippen molar-refractivity contribution in [3.05, 3.63) is 91.0 Å². The summed E-state index contributed by atoms with van der Waals surface area (Å²) in [4.78, 5) is 2.27. The number of hydrogen-bond donors (Lipinski definition) is 0. The quantitative estimate of drug-likeness (QED) is 0.585. The standard InChI is InChI=1S/C22H21NO2/c1-4-10-20(11-5-1)23(16-18-24-21-12-6-2-7-13-21)17-19-25-22-14-8-3-9-15-22/h1,4-15H,16-19H2. The largest absolute Gasteiger partial charge is 0.492 e. The number of nitrogens with zero attached hydrogens (tertiary/aromatic N) is 1. The summed E-state index contributed by atoms with van der Waals surface area (Å²) in [6.45, 7) is 2.79. The van der Waals surface area contributed by atoms with Gasteiger partial charge in [-0.15, -0.1) is 0 Å². The molecule has 0 spiro atoms. The van der Waals surface area contributed by atoms with Gasteiger partial charge in [-0.1, -0.05) is 42.5 Å². The molecule has 3 aromatic rings. The Hall–Kier alpha value is -2.94. The van der Waals surface area contributed by atoms with Crippen LogP contribution in [0, 0.1) is 12.1 Å². The highest BCUT2D eigenvalue weighted by Gasteiger charge is 2.07. The van der Waals surface area contributed by atoms with E-state index in [0.717, 1.165) is 30.3 Å². The third-order valence-electron chi connectivity index (χ3n) is 3.76. The van der Waals surface area contributed by atoms with Crippen LogP contribution in [0.2, 0.25) is 0 Å². The van der Waals surface area contributed by atoms with Gasteiger partial charge >= 0.3 is 0 Å². The summed E-state index contributed by atoms with van der Waals surface area (Å²) in [6.07, 6.45) is 0. The van der Waals surface area contributed by atoms with E-state index < -0.39 is 0 Å². The van der Waals surface area contributed by atoms with E-state index in [9.17, 15) is 0 Å². The lowest BCUT2D eigenvalue weighted by Gasteiger charge is -2.25. The number of benzene rings is 3. The topological polar surface area (TPSA) is 21.7 Å². The lowest BCUT2D eigenvalue weighted by atomic mass is 10.3. The molecule has 0 atom stereocenters. The molecule has 0 aliphatic carbocycles. The fourth-order valence-corrected chi connectivity index (χ4v) is 2.49. The zero-order valence-electron chi connectivity index (χ0n) is 14.1. The first-order valence-electron chi connectivity index (χ1n) is 8.40. The molecular formula is C22H21NO2. The second-order valence-corrected chi connectivity index (χ2v) is 5.49. The summed E-state index contributed by atoms with van der Waals surface area (Å²) in [6, 6.07) is 31.4. The van der Waals surface area contributed by atoms with Gasteiger partial charge in [0.25, 0.3) is 0 Å². The summed E-state index contributed by atoms with van der Waals surface area (Å²) >= 11 is 0. The number of para-hydroxylation sites is 1. The van der Waals surface area contributed by atoms with Gasteiger partial charge in [-0.05, 0) is 48.5 Å². The molecule has 0 fully saturated rings. The van der Waals surface area contributed by atoms with E-state index in [4.69, 9.17) is 9.47 Å². The molecule has 2 radical (unpaired) electrons. The van der Waals surface area contributed by atoms with Crippen molar-refractivity contribution in [2.24, 2.45) is 0 Å². The van der Waals surface area contributed by atoms with Crippen LogP contribution in [-0.2, 0) is 0 Å². The highest BCUT2D eigenvalue weighted by atomic mass is 16.5. The van der Waals surface area contributed by atoms with Gasteiger partial charge in [-0.25, -0.2) is 0 Å². The molecule has 0 saturated carbocycles. The molecule has 0 bridgehead atoms. The smallest absolute Gasteiger partial charge is 0.119 e. The van der Waals surface area contributed by atoms with E-state index in [1.807, 2.05) is 66.7 Å². The monoisotopic (exact) mass is 331 g/mol. The second kappa shape index (κ2) is 9.38. The molecule has 0 N–H and O–H groups in total. The average molecular weight is 331 g/mol. The van der Waals surface area contributed by atoms with Crippen LogP contribution in [0.25, 0.3) is 0 Å². The number of hydrogen-bond acceptors (Lipinski definition) is 3. The number of rotatable bonds is 9. The van der Waals surface area contributed by atoms with E-state index in [1.165, 1.54) is 0 Å². The number of ether oxygens (including phenoxy) is 2. The maximum absolute atomic E-state index is 5.82. The molecule has 126 valence electrons. The highest BCUT2D eigenvalue weighted by Crippen LogP contribution is 2.14. The lowest BCUT2D eigenvalue weighted by molar-refractivity contribution is 0.303. The maximum atomic E-state index is 5.82. The van der Waals surface area contributed by atoms with Crippen LogP contribution in [0.3, 0.4) is 0 Å². The molecule has 0 aliphatic rings. The van der Waals surface area contributed by atoms with Crippen LogP contribution in [-0.4, -0.2) is 26.3 Å². The predicted molar refractivity (Wildman–Crippen MR) is 100 cm³/mol. The van der Waals surface area contributed by atoms with Gasteiger partial charge in [-0.2, -0.15) is 0 Å². The fraction of sp³-hybridized carbons (Fsp3) is 0.182. The van der Waals surface area contributed by atoms with Gasteiger partial charge in [0.1, 0.15) is 24.7 Å². The van der Waals surface area contributed by atoms with Gasteiger partial charge in [0.2, 0.25) is 0 Å². The third kappa shape index (κ3) is 5.57. The Labute approximate surface area is 149 Å². The minimum absolute atomic E-state index is 0.610. The molecule has 3 aromatic carbocycles. The first kappa shape index (κ1) is 16.9. The zero-order valence-corrected chi connectivity index (χ0v) is 14.1. The number of anilines is 1. The van der Waals surface area contributed by atoms with Crippen molar-refractivity contribution in [3.8, 4) is 11.5 Å². The van der Waals surface area contributed by atoms with Gasteiger partial charge in [0.05, 0.1) is 13.1 Å². The predicted octanol–water partition coefficient (Wildman–Crippen LogP) is 4.25. The molecule has 0 aromatic heterocycles. The summed E-state index contributed by atoms with van der Waals surface area (Å²) in [5.41, 5.74) is 1.16. The van der Waals surface area contributed by atoms with E-state index in [-0.39, 0.29) is 0 Å². The lowest BCUT2D eigenvalue weighted by Crippen LogP contribution is -2.32. The van der Waals surface area contributed by atoms with Gasteiger partial charge in [0.15, 0.2) is 0 Å². The molecule has 0 amide bonds. The highest BCUT2D eigenvalue weighted by molar-refractivity contribution is 5.46. The van der Waals surface area contributed by atoms with Gasteiger partial charge in [-0.3, -0.25) is 0 Å². The molecule has 3 heteroatoms. The van der Waals surface area contributed by atoms with E-state index in [0.29, 0.717) is 13.2 Å². The molecule has 3 rings (SSSR count). The van der Waals surface area contributed by atoms with Crippen molar-refractivity contribution in [2.45, 2.75) is 0 Å². The summed E-state index contributed by atoms with van der Waals surface area (Å²) in [5.74, 6) is 1.73. The van der Waals surface area contributed by atoms with Crippen molar-refractivity contribution >= 4 is 5.69 Å². The second-order valence-electron chi connectivity index (χ2n) is 5.49. The molecule has 0 heterocycles. The molecule has 3 nitrogen and oxygen atoms in total. The Morgan fingerprint density at radius 2 is 1.12 bits per heavy atom. The Kier molecular flexibility index (Phi) is 6.34. The minimum atomic E-state index is 0.610. The molecule has 0 saturated heterocycles. The zero-order chi connectivity index (χ0) is 17.2. The van der Waals surface area contributed by atoms with Crippen LogP contribution in [0.1, 0.15) is 0 Å². The Morgan fingerprint density at radius 1 is 0.640 bits per heavy atom. The Balaban J connectivity index is 1.54. The van der Waals surface area contributed by atoms with Crippen molar-refractivity contribution < 1.29 is 9.47 Å². The molecule has 0 unspecified atom stereocenters. The van der Waals surface area contributed by atoms with Crippen molar-refractivity contribution in [1.82, 2.24) is 0 Å². The van der Waals surface area contributed by atoms with Crippen molar-refractivity contribution in [1.29, 1.82) is 0 Å². The van der Waals surface area contributed by atoms with Crippen LogP contribution >= 0.6 is 0 Å². The van der Waals surface area contributed by atoms with Crippen LogP contribution in [0.15, 0.2) is 78.9 Å². The minimum Gasteiger partial charge on any atom is -0.492 e.